The summed E-state index contributed by atoms with van der Waals surface area (Å²) < 4.78 is 6.07. The van der Waals surface area contributed by atoms with Crippen LogP contribution in [-0.4, -0.2) is 0 Å². The fourth-order valence-corrected chi connectivity index (χ4v) is 4.00. The van der Waals surface area contributed by atoms with E-state index in [2.05, 4.69) is 92.8 Å². The largest absolute Gasteiger partial charge is 0.456 e. The van der Waals surface area contributed by atoms with Gasteiger partial charge in [-0.05, 0) is 46.9 Å². The quantitative estimate of drug-likeness (QED) is 0.334. The summed E-state index contributed by atoms with van der Waals surface area (Å²) in [5.74, 6) is 0. The molecule has 0 radical (unpaired) electrons. The minimum absolute atomic E-state index is 0.0861. The Labute approximate surface area is 177 Å². The molecule has 5 rings (SSSR count). The summed E-state index contributed by atoms with van der Waals surface area (Å²) in [7, 11) is 0. The van der Waals surface area contributed by atoms with Crippen LogP contribution in [0, 0.1) is 0 Å². The number of hydrogen-bond donors (Lipinski definition) is 1. The summed E-state index contributed by atoms with van der Waals surface area (Å²) in [6.07, 6.45) is 0. The molecule has 0 aliphatic heterocycles. The highest BCUT2D eigenvalue weighted by atomic mass is 16.3. The first-order valence-corrected chi connectivity index (χ1v) is 10.4. The van der Waals surface area contributed by atoms with Gasteiger partial charge >= 0.3 is 0 Å². The third-order valence-electron chi connectivity index (χ3n) is 5.64. The Morgan fingerprint density at radius 1 is 0.667 bits per heavy atom. The first kappa shape index (κ1) is 18.5. The Hall–Kier alpha value is -3.52. The molecule has 1 N–H and O–H groups in total. The summed E-state index contributed by atoms with van der Waals surface area (Å²) in [5.41, 5.74) is 7.76. The van der Waals surface area contributed by atoms with Crippen molar-refractivity contribution < 1.29 is 4.42 Å². The Kier molecular flexibility index (Phi) is 4.36. The molecule has 0 saturated heterocycles. The van der Waals surface area contributed by atoms with Gasteiger partial charge in [-0.2, -0.15) is 0 Å². The number of rotatable bonds is 3. The van der Waals surface area contributed by atoms with Crippen molar-refractivity contribution in [2.75, 3.05) is 5.32 Å². The summed E-state index contributed by atoms with van der Waals surface area (Å²) in [6, 6.07) is 31.7. The number of para-hydroxylation sites is 1. The van der Waals surface area contributed by atoms with E-state index in [0.717, 1.165) is 33.3 Å². The van der Waals surface area contributed by atoms with E-state index in [0.29, 0.717) is 0 Å². The fourth-order valence-electron chi connectivity index (χ4n) is 4.00. The summed E-state index contributed by atoms with van der Waals surface area (Å²) in [4.78, 5) is 0. The Balaban J connectivity index is 1.68. The van der Waals surface area contributed by atoms with E-state index >= 15 is 0 Å². The Morgan fingerprint density at radius 3 is 2.20 bits per heavy atom. The molecule has 0 aliphatic carbocycles. The van der Waals surface area contributed by atoms with Crippen molar-refractivity contribution in [2.45, 2.75) is 26.2 Å². The van der Waals surface area contributed by atoms with Crippen molar-refractivity contribution in [3.63, 3.8) is 0 Å². The van der Waals surface area contributed by atoms with E-state index in [9.17, 15) is 0 Å². The molecular weight excluding hydrogens is 366 g/mol. The summed E-state index contributed by atoms with van der Waals surface area (Å²) in [5, 5.41) is 5.96. The number of nitrogens with one attached hydrogen (secondary N) is 1. The zero-order valence-electron chi connectivity index (χ0n) is 17.6. The molecule has 148 valence electrons. The zero-order valence-corrected chi connectivity index (χ0v) is 17.6. The molecule has 0 unspecified atom stereocenters. The number of furan rings is 1. The molecule has 5 aromatic rings. The van der Waals surface area contributed by atoms with E-state index in [4.69, 9.17) is 4.42 Å². The summed E-state index contributed by atoms with van der Waals surface area (Å²) >= 11 is 0. The monoisotopic (exact) mass is 391 g/mol. The van der Waals surface area contributed by atoms with Crippen molar-refractivity contribution in [1.29, 1.82) is 0 Å². The highest BCUT2D eigenvalue weighted by Gasteiger charge is 2.17. The predicted molar refractivity (Wildman–Crippen MR) is 128 cm³/mol. The van der Waals surface area contributed by atoms with Gasteiger partial charge in [0.2, 0.25) is 0 Å². The van der Waals surface area contributed by atoms with Crippen LogP contribution in [0.1, 0.15) is 26.3 Å². The molecule has 0 aliphatic rings. The van der Waals surface area contributed by atoms with E-state index in [1.165, 1.54) is 16.7 Å². The van der Waals surface area contributed by atoms with Gasteiger partial charge in [0.15, 0.2) is 0 Å². The maximum Gasteiger partial charge on any atom is 0.137 e. The van der Waals surface area contributed by atoms with Crippen LogP contribution in [0.5, 0.6) is 0 Å². The van der Waals surface area contributed by atoms with Crippen molar-refractivity contribution in [2.24, 2.45) is 0 Å². The van der Waals surface area contributed by atoms with Gasteiger partial charge in [-0.1, -0.05) is 81.4 Å². The lowest BCUT2D eigenvalue weighted by molar-refractivity contribution is 0.590. The SMILES string of the molecule is CC(C)(C)c1ccc(Nc2cccc3oc4ccccc4c23)c(-c2ccccc2)c1. The van der Waals surface area contributed by atoms with E-state index < -0.39 is 0 Å². The van der Waals surface area contributed by atoms with Gasteiger partial charge in [0.05, 0.1) is 11.1 Å². The molecule has 1 heterocycles. The van der Waals surface area contributed by atoms with Crippen LogP contribution in [0.25, 0.3) is 33.1 Å². The standard InChI is InChI=1S/C28H25NO/c1-28(2,3)20-16-17-23(22(18-20)19-10-5-4-6-11-19)29-24-13-9-15-26-27(24)21-12-7-8-14-25(21)30-26/h4-18,29H,1-3H3. The van der Waals surface area contributed by atoms with Crippen LogP contribution in [0.3, 0.4) is 0 Å². The van der Waals surface area contributed by atoms with Gasteiger partial charge in [0, 0.05) is 16.6 Å². The predicted octanol–water partition coefficient (Wildman–Crippen LogP) is 8.29. The average Bonchev–Trinajstić information content (AvgIpc) is 3.13. The van der Waals surface area contributed by atoms with E-state index in [1.54, 1.807) is 0 Å². The zero-order chi connectivity index (χ0) is 20.7. The van der Waals surface area contributed by atoms with Gasteiger partial charge < -0.3 is 9.73 Å². The van der Waals surface area contributed by atoms with Crippen molar-refractivity contribution in [1.82, 2.24) is 0 Å². The smallest absolute Gasteiger partial charge is 0.137 e. The maximum absolute atomic E-state index is 6.07. The number of benzene rings is 4. The number of fused-ring (bicyclic) bond motifs is 3. The van der Waals surface area contributed by atoms with E-state index in [-0.39, 0.29) is 5.41 Å². The van der Waals surface area contributed by atoms with Gasteiger partial charge in [0.25, 0.3) is 0 Å². The lowest BCUT2D eigenvalue weighted by Gasteiger charge is -2.22. The molecule has 0 amide bonds. The van der Waals surface area contributed by atoms with Gasteiger partial charge in [-0.25, -0.2) is 0 Å². The number of hydrogen-bond acceptors (Lipinski definition) is 2. The Morgan fingerprint density at radius 2 is 1.40 bits per heavy atom. The maximum atomic E-state index is 6.07. The molecule has 1 aromatic heterocycles. The van der Waals surface area contributed by atoms with Crippen LogP contribution in [-0.2, 0) is 5.41 Å². The van der Waals surface area contributed by atoms with Crippen LogP contribution >= 0.6 is 0 Å². The minimum Gasteiger partial charge on any atom is -0.456 e. The second-order valence-corrected chi connectivity index (χ2v) is 8.78. The molecule has 0 atom stereocenters. The first-order chi connectivity index (χ1) is 14.5. The lowest BCUT2D eigenvalue weighted by atomic mass is 9.85. The lowest BCUT2D eigenvalue weighted by Crippen LogP contribution is -2.11. The topological polar surface area (TPSA) is 25.2 Å². The molecule has 2 heteroatoms. The van der Waals surface area contributed by atoms with Gasteiger partial charge in [0.1, 0.15) is 11.2 Å². The van der Waals surface area contributed by atoms with Gasteiger partial charge in [-0.3, -0.25) is 0 Å². The molecule has 4 aromatic carbocycles. The second kappa shape index (κ2) is 7.07. The molecule has 0 saturated carbocycles. The highest BCUT2D eigenvalue weighted by Crippen LogP contribution is 2.39. The first-order valence-electron chi connectivity index (χ1n) is 10.4. The second-order valence-electron chi connectivity index (χ2n) is 8.78. The molecule has 0 spiro atoms. The fraction of sp³-hybridized carbons (Fsp3) is 0.143. The van der Waals surface area contributed by atoms with Crippen molar-refractivity contribution in [3.8, 4) is 11.1 Å². The van der Waals surface area contributed by atoms with Gasteiger partial charge in [-0.15, -0.1) is 0 Å². The van der Waals surface area contributed by atoms with Crippen LogP contribution in [0.2, 0.25) is 0 Å². The van der Waals surface area contributed by atoms with Crippen molar-refractivity contribution in [3.05, 3.63) is 96.6 Å². The van der Waals surface area contributed by atoms with E-state index in [1.807, 2.05) is 24.3 Å². The molecule has 30 heavy (non-hydrogen) atoms. The number of anilines is 2. The minimum atomic E-state index is 0.0861. The third kappa shape index (κ3) is 3.25. The van der Waals surface area contributed by atoms with Crippen LogP contribution in [0.4, 0.5) is 11.4 Å². The van der Waals surface area contributed by atoms with Crippen LogP contribution < -0.4 is 5.32 Å². The highest BCUT2D eigenvalue weighted by molar-refractivity contribution is 6.12. The average molecular weight is 392 g/mol. The normalized spacial score (nSPS) is 11.8. The van der Waals surface area contributed by atoms with Crippen LogP contribution in [0.15, 0.2) is 95.4 Å². The molecule has 0 bridgehead atoms. The molecule has 2 nitrogen and oxygen atoms in total. The molecular formula is C28H25NO. The summed E-state index contributed by atoms with van der Waals surface area (Å²) in [6.45, 7) is 6.76. The van der Waals surface area contributed by atoms with Crippen molar-refractivity contribution >= 4 is 33.3 Å². The Bertz CT molecular complexity index is 1340. The molecule has 0 fully saturated rings. The third-order valence-corrected chi connectivity index (χ3v) is 5.64.